The number of nitrogens with zero attached hydrogens (tertiary/aromatic N) is 5. The van der Waals surface area contributed by atoms with Gasteiger partial charge in [0.05, 0.1) is 0 Å². The van der Waals surface area contributed by atoms with Crippen molar-refractivity contribution in [3.8, 4) is 0 Å². The third kappa shape index (κ3) is 8.28. The van der Waals surface area contributed by atoms with Gasteiger partial charge >= 0.3 is 0 Å². The number of rotatable bonds is 12. The van der Waals surface area contributed by atoms with E-state index < -0.39 is 0 Å². The Hall–Kier alpha value is -3.43. The van der Waals surface area contributed by atoms with Gasteiger partial charge in [-0.3, -0.25) is 0 Å². The Bertz CT molecular complexity index is 1120. The molecule has 0 atom stereocenters. The van der Waals surface area contributed by atoms with Gasteiger partial charge in [-0.05, 0) is 55.6 Å². The molecule has 9 heteroatoms. The fourth-order valence-electron chi connectivity index (χ4n) is 5.41. The maximum atomic E-state index is 6.14. The molecule has 2 fully saturated rings. The van der Waals surface area contributed by atoms with Crippen LogP contribution in [0.1, 0.15) is 49.7 Å². The van der Waals surface area contributed by atoms with Gasteiger partial charge in [-0.25, -0.2) is 4.98 Å². The van der Waals surface area contributed by atoms with Crippen LogP contribution < -0.4 is 31.5 Å². The van der Waals surface area contributed by atoms with E-state index in [0.29, 0.717) is 18.3 Å². The Morgan fingerprint density at radius 1 is 0.795 bits per heavy atom. The Kier molecular flexibility index (Phi) is 9.81. The zero-order chi connectivity index (χ0) is 26.7. The number of benzene rings is 1. The van der Waals surface area contributed by atoms with Gasteiger partial charge in [0.15, 0.2) is 0 Å². The monoisotopic (exact) mass is 529 g/mol. The Morgan fingerprint density at radius 2 is 1.51 bits per heavy atom. The summed E-state index contributed by atoms with van der Waals surface area (Å²) >= 11 is 0. The average molecular weight is 530 g/mol. The highest BCUT2D eigenvalue weighted by atomic mass is 15.3. The molecule has 1 saturated heterocycles. The molecular formula is C30H43N9. The number of nitrogens with one attached hydrogen (secondary N) is 3. The number of anilines is 4. The molecule has 3 aromatic rings. The lowest BCUT2D eigenvalue weighted by Crippen LogP contribution is -2.47. The maximum absolute atomic E-state index is 6.14. The van der Waals surface area contributed by atoms with Crippen LogP contribution in [-0.2, 0) is 13.1 Å². The van der Waals surface area contributed by atoms with Crippen molar-refractivity contribution in [3.05, 3.63) is 65.9 Å². The van der Waals surface area contributed by atoms with E-state index in [2.05, 4.69) is 66.0 Å². The summed E-state index contributed by atoms with van der Waals surface area (Å²) in [6.07, 6.45) is 9.90. The number of nitrogens with two attached hydrogens (primary N) is 1. The highest BCUT2D eigenvalue weighted by molar-refractivity contribution is 5.53. The summed E-state index contributed by atoms with van der Waals surface area (Å²) in [5.74, 6) is 2.92. The van der Waals surface area contributed by atoms with Crippen LogP contribution in [-0.4, -0.2) is 60.3 Å². The lowest BCUT2D eigenvalue weighted by atomic mass is 9.95. The third-order valence-corrected chi connectivity index (χ3v) is 7.68. The van der Waals surface area contributed by atoms with E-state index in [1.165, 1.54) is 49.7 Å². The first-order chi connectivity index (χ1) is 19.2. The van der Waals surface area contributed by atoms with Crippen molar-refractivity contribution >= 4 is 23.4 Å². The summed E-state index contributed by atoms with van der Waals surface area (Å²) in [6, 6.07) is 17.3. The molecule has 1 saturated carbocycles. The highest BCUT2D eigenvalue weighted by Gasteiger charge is 2.20. The predicted octanol–water partition coefficient (Wildman–Crippen LogP) is 3.79. The van der Waals surface area contributed by atoms with Gasteiger partial charge in [0.25, 0.3) is 0 Å². The Labute approximate surface area is 232 Å². The lowest BCUT2D eigenvalue weighted by Gasteiger charge is -2.36. The molecule has 9 nitrogen and oxygen atoms in total. The summed E-state index contributed by atoms with van der Waals surface area (Å²) in [4.78, 5) is 18.2. The van der Waals surface area contributed by atoms with Crippen LogP contribution in [0.3, 0.4) is 0 Å². The van der Waals surface area contributed by atoms with Gasteiger partial charge in [-0.15, -0.1) is 0 Å². The molecule has 1 aromatic carbocycles. The minimum Gasteiger partial charge on any atom is -0.383 e. The standard InChI is InChI=1S/C30H43N9/c31-27-21-29(39-19-17-38(18-20-39)28-9-4-5-15-34-28)37-30(36-27)35-23-25-12-10-24(11-13-25)22-32-14-6-16-33-26-7-2-1-3-8-26/h4-5,9-13,15,21,26,32-33H,1-3,6-8,14,16-20,22-23H2,(H3,31,35,36,37). The van der Waals surface area contributed by atoms with Gasteiger partial charge in [-0.1, -0.05) is 49.6 Å². The maximum Gasteiger partial charge on any atom is 0.226 e. The fourth-order valence-corrected chi connectivity index (χ4v) is 5.41. The molecule has 0 bridgehead atoms. The smallest absolute Gasteiger partial charge is 0.226 e. The first kappa shape index (κ1) is 27.1. The third-order valence-electron chi connectivity index (χ3n) is 7.68. The zero-order valence-corrected chi connectivity index (χ0v) is 23.0. The number of pyridine rings is 1. The molecule has 39 heavy (non-hydrogen) atoms. The van der Waals surface area contributed by atoms with Gasteiger partial charge in [0.2, 0.25) is 5.95 Å². The van der Waals surface area contributed by atoms with Crippen molar-refractivity contribution in [2.45, 2.75) is 57.7 Å². The molecule has 2 aromatic heterocycles. The first-order valence-electron chi connectivity index (χ1n) is 14.5. The lowest BCUT2D eigenvalue weighted by molar-refractivity contribution is 0.371. The van der Waals surface area contributed by atoms with E-state index in [1.54, 1.807) is 0 Å². The van der Waals surface area contributed by atoms with E-state index in [0.717, 1.165) is 63.5 Å². The van der Waals surface area contributed by atoms with E-state index >= 15 is 0 Å². The van der Waals surface area contributed by atoms with Crippen molar-refractivity contribution in [2.24, 2.45) is 0 Å². The van der Waals surface area contributed by atoms with Crippen molar-refractivity contribution in [2.75, 3.05) is 60.1 Å². The second-order valence-electron chi connectivity index (χ2n) is 10.6. The largest absolute Gasteiger partial charge is 0.383 e. The summed E-state index contributed by atoms with van der Waals surface area (Å²) in [6.45, 7) is 7.19. The fraction of sp³-hybridized carbons (Fsp3) is 0.500. The molecule has 3 heterocycles. The van der Waals surface area contributed by atoms with Crippen LogP contribution in [0.2, 0.25) is 0 Å². The van der Waals surface area contributed by atoms with Gasteiger partial charge < -0.3 is 31.5 Å². The summed E-state index contributed by atoms with van der Waals surface area (Å²) in [5, 5.41) is 10.6. The Balaban J connectivity index is 1.03. The average Bonchev–Trinajstić information content (AvgIpc) is 2.99. The normalized spacial score (nSPS) is 16.4. The quantitative estimate of drug-likeness (QED) is 0.261. The van der Waals surface area contributed by atoms with Crippen molar-refractivity contribution in [1.29, 1.82) is 0 Å². The second-order valence-corrected chi connectivity index (χ2v) is 10.6. The minimum atomic E-state index is 0.477. The number of aromatic nitrogens is 3. The molecule has 0 unspecified atom stereocenters. The van der Waals surface area contributed by atoms with E-state index in [4.69, 9.17) is 10.7 Å². The summed E-state index contributed by atoms with van der Waals surface area (Å²) in [5.41, 5.74) is 8.62. The van der Waals surface area contributed by atoms with Crippen molar-refractivity contribution in [1.82, 2.24) is 25.6 Å². The number of hydrogen-bond acceptors (Lipinski definition) is 9. The number of nitrogen functional groups attached to an aromatic ring is 1. The van der Waals surface area contributed by atoms with Gasteiger partial charge in [-0.2, -0.15) is 9.97 Å². The van der Waals surface area contributed by atoms with E-state index in [1.807, 2.05) is 24.4 Å². The van der Waals surface area contributed by atoms with Crippen LogP contribution in [0, 0.1) is 0 Å². The van der Waals surface area contributed by atoms with Crippen LogP contribution >= 0.6 is 0 Å². The molecule has 2 aliphatic rings. The molecule has 5 rings (SSSR count). The first-order valence-corrected chi connectivity index (χ1v) is 14.5. The van der Waals surface area contributed by atoms with E-state index in [-0.39, 0.29) is 0 Å². The van der Waals surface area contributed by atoms with Crippen molar-refractivity contribution < 1.29 is 0 Å². The van der Waals surface area contributed by atoms with Crippen molar-refractivity contribution in [3.63, 3.8) is 0 Å². The number of hydrogen-bond donors (Lipinski definition) is 4. The van der Waals surface area contributed by atoms with Crippen LogP contribution in [0.25, 0.3) is 0 Å². The molecular weight excluding hydrogens is 486 g/mol. The molecule has 1 aliphatic heterocycles. The van der Waals surface area contributed by atoms with Gasteiger partial charge in [0, 0.05) is 57.6 Å². The van der Waals surface area contributed by atoms with Gasteiger partial charge in [0.1, 0.15) is 17.5 Å². The highest BCUT2D eigenvalue weighted by Crippen LogP contribution is 2.21. The van der Waals surface area contributed by atoms with Crippen LogP contribution in [0.5, 0.6) is 0 Å². The molecule has 0 radical (unpaired) electrons. The molecule has 0 amide bonds. The second kappa shape index (κ2) is 14.1. The molecule has 1 aliphatic carbocycles. The SMILES string of the molecule is Nc1cc(N2CCN(c3ccccn3)CC2)nc(NCc2ccc(CNCCCNC3CCCCC3)cc2)n1. The van der Waals surface area contributed by atoms with Crippen LogP contribution in [0.4, 0.5) is 23.4 Å². The molecule has 208 valence electrons. The topological polar surface area (TPSA) is 107 Å². The summed E-state index contributed by atoms with van der Waals surface area (Å²) in [7, 11) is 0. The van der Waals surface area contributed by atoms with E-state index in [9.17, 15) is 0 Å². The molecule has 0 spiro atoms. The number of piperazine rings is 1. The Morgan fingerprint density at radius 3 is 2.23 bits per heavy atom. The summed E-state index contributed by atoms with van der Waals surface area (Å²) < 4.78 is 0. The minimum absolute atomic E-state index is 0.477. The zero-order valence-electron chi connectivity index (χ0n) is 23.0. The van der Waals surface area contributed by atoms with Crippen LogP contribution in [0.15, 0.2) is 54.7 Å². The molecule has 5 N–H and O–H groups in total. The predicted molar refractivity (Wildman–Crippen MR) is 160 cm³/mol.